The van der Waals surface area contributed by atoms with Crippen LogP contribution in [0.15, 0.2) is 77.7 Å². The molecule has 184 valence electrons. The van der Waals surface area contributed by atoms with Gasteiger partial charge in [0.05, 0.1) is 27.4 Å². The summed E-state index contributed by atoms with van der Waals surface area (Å²) in [5, 5.41) is 13.8. The van der Waals surface area contributed by atoms with Crippen LogP contribution in [0.2, 0.25) is 0 Å². The van der Waals surface area contributed by atoms with E-state index in [9.17, 15) is 18.3 Å². The number of aromatic hydroxyl groups is 1. The molecule has 3 aromatic carbocycles. The molecule has 1 saturated heterocycles. The second-order valence-electron chi connectivity index (χ2n) is 9.04. The molecule has 0 unspecified atom stereocenters. The largest absolute Gasteiger partial charge is 0.506 e. The first kappa shape index (κ1) is 24.0. The summed E-state index contributed by atoms with van der Waals surface area (Å²) in [6.45, 7) is 2.94. The van der Waals surface area contributed by atoms with Crippen molar-refractivity contribution < 1.29 is 18.3 Å². The molecule has 7 nitrogen and oxygen atoms in total. The van der Waals surface area contributed by atoms with E-state index < -0.39 is 15.9 Å². The fraction of sp³-hybridized carbons (Fsp3) is 0.214. The van der Waals surface area contributed by atoms with Gasteiger partial charge in [-0.25, -0.2) is 13.4 Å². The number of amides is 1. The zero-order valence-corrected chi connectivity index (χ0v) is 20.8. The SMILES string of the molecule is Cc1ccc(-c2cc(C(=O)Nc3cc(S(=O)(=O)N4CCCCC4)ccc3O)c3ccccc3n2)cc1. The second kappa shape index (κ2) is 9.72. The summed E-state index contributed by atoms with van der Waals surface area (Å²) in [5.74, 6) is -0.678. The van der Waals surface area contributed by atoms with Crippen LogP contribution < -0.4 is 5.32 Å². The van der Waals surface area contributed by atoms with Gasteiger partial charge in [-0.3, -0.25) is 4.79 Å². The van der Waals surface area contributed by atoms with Gasteiger partial charge in [0.25, 0.3) is 5.91 Å². The number of nitrogens with one attached hydrogen (secondary N) is 1. The van der Waals surface area contributed by atoms with Crippen LogP contribution >= 0.6 is 0 Å². The molecule has 0 spiro atoms. The minimum Gasteiger partial charge on any atom is -0.506 e. The molecular formula is C28H27N3O4S. The minimum atomic E-state index is -3.72. The molecule has 1 aliphatic rings. The number of fused-ring (bicyclic) bond motifs is 1. The van der Waals surface area contributed by atoms with Crippen LogP contribution in [0.25, 0.3) is 22.2 Å². The number of para-hydroxylation sites is 1. The number of phenols is 1. The number of carbonyl (C=O) groups is 1. The number of sulfonamides is 1. The molecule has 8 heteroatoms. The number of hydrogen-bond acceptors (Lipinski definition) is 5. The summed E-state index contributed by atoms with van der Waals surface area (Å²) in [7, 11) is -3.72. The number of aromatic nitrogens is 1. The molecule has 1 aromatic heterocycles. The topological polar surface area (TPSA) is 99.6 Å². The Hall–Kier alpha value is -3.75. The van der Waals surface area contributed by atoms with Crippen molar-refractivity contribution in [2.24, 2.45) is 0 Å². The van der Waals surface area contributed by atoms with Gasteiger partial charge in [-0.2, -0.15) is 4.31 Å². The molecule has 2 N–H and O–H groups in total. The van der Waals surface area contributed by atoms with E-state index in [1.807, 2.05) is 55.5 Å². The zero-order valence-electron chi connectivity index (χ0n) is 19.9. The maximum Gasteiger partial charge on any atom is 0.256 e. The summed E-state index contributed by atoms with van der Waals surface area (Å²) in [6, 6.07) is 20.9. The number of nitrogens with zero attached hydrogens (tertiary/aromatic N) is 2. The van der Waals surface area contributed by atoms with Gasteiger partial charge in [-0.05, 0) is 50.1 Å². The van der Waals surface area contributed by atoms with Crippen molar-refractivity contribution in [1.29, 1.82) is 0 Å². The number of piperidine rings is 1. The lowest BCUT2D eigenvalue weighted by molar-refractivity contribution is 0.102. The number of aryl methyl sites for hydroxylation is 1. The van der Waals surface area contributed by atoms with Gasteiger partial charge in [0, 0.05) is 24.0 Å². The molecule has 0 aliphatic carbocycles. The van der Waals surface area contributed by atoms with Crippen molar-refractivity contribution in [3.63, 3.8) is 0 Å². The Bertz CT molecular complexity index is 1540. The maximum atomic E-state index is 13.5. The van der Waals surface area contributed by atoms with Crippen molar-refractivity contribution >= 4 is 32.5 Å². The lowest BCUT2D eigenvalue weighted by atomic mass is 10.0. The Morgan fingerprint density at radius 2 is 1.67 bits per heavy atom. The minimum absolute atomic E-state index is 0.0378. The van der Waals surface area contributed by atoms with Crippen molar-refractivity contribution in [3.05, 3.63) is 83.9 Å². The van der Waals surface area contributed by atoms with Crippen molar-refractivity contribution in [2.75, 3.05) is 18.4 Å². The highest BCUT2D eigenvalue weighted by molar-refractivity contribution is 7.89. The monoisotopic (exact) mass is 501 g/mol. The number of rotatable bonds is 5. The lowest BCUT2D eigenvalue weighted by Gasteiger charge is -2.26. The number of benzene rings is 3. The fourth-order valence-electron chi connectivity index (χ4n) is 4.46. The average molecular weight is 502 g/mol. The summed E-state index contributed by atoms with van der Waals surface area (Å²) < 4.78 is 27.7. The standard InChI is InChI=1S/C28H27N3O4S/c1-19-9-11-20(12-10-19)25-18-23(22-7-3-4-8-24(22)29-25)28(33)30-26-17-21(13-14-27(26)32)36(34,35)31-15-5-2-6-16-31/h3-4,7-14,17-18,32H,2,5-6,15-16H2,1H3,(H,30,33). The molecule has 0 saturated carbocycles. The predicted octanol–water partition coefficient (Wildman–Crippen LogP) is 5.34. The molecule has 0 bridgehead atoms. The second-order valence-corrected chi connectivity index (χ2v) is 11.0. The quantitative estimate of drug-likeness (QED) is 0.360. The van der Waals surface area contributed by atoms with Gasteiger partial charge in [0.2, 0.25) is 10.0 Å². The third-order valence-electron chi connectivity index (χ3n) is 6.48. The molecule has 0 atom stereocenters. The van der Waals surface area contributed by atoms with Gasteiger partial charge in [-0.15, -0.1) is 0 Å². The molecule has 1 fully saturated rings. The Morgan fingerprint density at radius 1 is 0.944 bits per heavy atom. The van der Waals surface area contributed by atoms with E-state index in [1.54, 1.807) is 6.07 Å². The molecular weight excluding hydrogens is 474 g/mol. The lowest BCUT2D eigenvalue weighted by Crippen LogP contribution is -2.35. The smallest absolute Gasteiger partial charge is 0.256 e. The molecule has 1 aliphatic heterocycles. The summed E-state index contributed by atoms with van der Waals surface area (Å²) in [6.07, 6.45) is 2.64. The van der Waals surface area contributed by atoms with Crippen LogP contribution in [0.4, 0.5) is 5.69 Å². The van der Waals surface area contributed by atoms with E-state index in [4.69, 9.17) is 4.98 Å². The molecule has 2 heterocycles. The predicted molar refractivity (Wildman–Crippen MR) is 141 cm³/mol. The Morgan fingerprint density at radius 3 is 2.42 bits per heavy atom. The number of phenolic OH excluding ortho intramolecular Hbond substituents is 1. The van der Waals surface area contributed by atoms with E-state index in [0.29, 0.717) is 35.2 Å². The molecule has 1 amide bonds. The molecule has 4 aromatic rings. The van der Waals surface area contributed by atoms with Gasteiger partial charge >= 0.3 is 0 Å². The van der Waals surface area contributed by atoms with Crippen LogP contribution in [0.3, 0.4) is 0 Å². The van der Waals surface area contributed by atoms with Crippen molar-refractivity contribution in [1.82, 2.24) is 9.29 Å². The normalized spacial score (nSPS) is 14.6. The fourth-order valence-corrected chi connectivity index (χ4v) is 6.00. The number of hydrogen-bond donors (Lipinski definition) is 2. The highest BCUT2D eigenvalue weighted by Crippen LogP contribution is 2.31. The first-order chi connectivity index (χ1) is 17.3. The highest BCUT2D eigenvalue weighted by Gasteiger charge is 2.27. The summed E-state index contributed by atoms with van der Waals surface area (Å²) in [4.78, 5) is 18.2. The van der Waals surface area contributed by atoms with Gasteiger partial charge in [0.1, 0.15) is 5.75 Å². The third kappa shape index (κ3) is 4.69. The van der Waals surface area contributed by atoms with E-state index >= 15 is 0 Å². The van der Waals surface area contributed by atoms with Crippen molar-refractivity contribution in [3.8, 4) is 17.0 Å². The third-order valence-corrected chi connectivity index (χ3v) is 8.37. The average Bonchev–Trinajstić information content (AvgIpc) is 2.90. The first-order valence-electron chi connectivity index (χ1n) is 11.9. The number of anilines is 1. The number of carbonyl (C=O) groups excluding carboxylic acids is 1. The molecule has 0 radical (unpaired) electrons. The molecule has 5 rings (SSSR count). The van der Waals surface area contributed by atoms with Crippen LogP contribution in [0.5, 0.6) is 5.75 Å². The van der Waals surface area contributed by atoms with Crippen LogP contribution in [-0.2, 0) is 10.0 Å². The first-order valence-corrected chi connectivity index (χ1v) is 13.4. The Balaban J connectivity index is 1.51. The van der Waals surface area contributed by atoms with Gasteiger partial charge in [-0.1, -0.05) is 54.4 Å². The van der Waals surface area contributed by atoms with Gasteiger partial charge in [0.15, 0.2) is 0 Å². The van der Waals surface area contributed by atoms with E-state index in [-0.39, 0.29) is 16.3 Å². The van der Waals surface area contributed by atoms with Crippen LogP contribution in [-0.4, -0.2) is 41.8 Å². The Kier molecular flexibility index (Phi) is 6.47. The zero-order chi connectivity index (χ0) is 25.3. The maximum absolute atomic E-state index is 13.5. The van der Waals surface area contributed by atoms with Crippen LogP contribution in [0.1, 0.15) is 35.2 Å². The summed E-state index contributed by atoms with van der Waals surface area (Å²) in [5.41, 5.74) is 3.71. The van der Waals surface area contributed by atoms with E-state index in [1.165, 1.54) is 22.5 Å². The summed E-state index contributed by atoms with van der Waals surface area (Å²) >= 11 is 0. The van der Waals surface area contributed by atoms with Gasteiger partial charge < -0.3 is 10.4 Å². The molecule has 36 heavy (non-hydrogen) atoms. The van der Waals surface area contributed by atoms with E-state index in [0.717, 1.165) is 30.4 Å². The highest BCUT2D eigenvalue weighted by atomic mass is 32.2. The van der Waals surface area contributed by atoms with Crippen molar-refractivity contribution in [2.45, 2.75) is 31.1 Å². The number of pyridine rings is 1. The van der Waals surface area contributed by atoms with E-state index in [2.05, 4.69) is 5.32 Å². The Labute approximate surface area is 210 Å². The van der Waals surface area contributed by atoms with Crippen LogP contribution in [0, 0.1) is 6.92 Å².